The van der Waals surface area contributed by atoms with E-state index in [0.717, 1.165) is 18.8 Å². The van der Waals surface area contributed by atoms with Crippen LogP contribution in [0.2, 0.25) is 0 Å². The molecule has 0 aliphatic rings. The molecule has 2 rings (SSSR count). The third-order valence-electron chi connectivity index (χ3n) is 4.23. The zero-order chi connectivity index (χ0) is 22.0. The molecule has 0 bridgehead atoms. The number of hydrogen-bond acceptors (Lipinski definition) is 2. The molecule has 0 spiro atoms. The number of ether oxygens (including phenoxy) is 1. The topological polar surface area (TPSA) is 12.5 Å². The van der Waals surface area contributed by atoms with Gasteiger partial charge in [-0.3, -0.25) is 4.90 Å². The molecule has 0 saturated carbocycles. The van der Waals surface area contributed by atoms with Crippen molar-refractivity contribution in [3.8, 4) is 17.6 Å². The summed E-state index contributed by atoms with van der Waals surface area (Å²) in [4.78, 5) is 2.26. The number of rotatable bonds is 8. The van der Waals surface area contributed by atoms with E-state index in [1.807, 2.05) is 12.1 Å². The molecule has 0 fully saturated rings. The third-order valence-corrected chi connectivity index (χ3v) is 4.23. The lowest BCUT2D eigenvalue weighted by Crippen LogP contribution is -2.17. The highest BCUT2D eigenvalue weighted by Crippen LogP contribution is 2.17. The highest BCUT2D eigenvalue weighted by atomic mass is 16.5. The predicted octanol–water partition coefficient (Wildman–Crippen LogP) is 6.73. The molecule has 2 nitrogen and oxygen atoms in total. The van der Waals surface area contributed by atoms with Crippen molar-refractivity contribution in [1.29, 1.82) is 0 Å². The molecule has 30 heavy (non-hydrogen) atoms. The van der Waals surface area contributed by atoms with Crippen LogP contribution in [0.1, 0.15) is 51.3 Å². The lowest BCUT2D eigenvalue weighted by atomic mass is 9.98. The lowest BCUT2D eigenvalue weighted by molar-refractivity contribution is 0.304. The molecule has 0 unspecified atom stereocenters. The first kappa shape index (κ1) is 23.5. The average Bonchev–Trinajstić information content (AvgIpc) is 2.65. The zero-order valence-electron chi connectivity index (χ0n) is 19.3. The molecular weight excluding hydrogens is 366 g/mol. The Hall–Kier alpha value is -2.76. The van der Waals surface area contributed by atoms with Gasteiger partial charge in [-0.2, -0.15) is 0 Å². The highest BCUT2D eigenvalue weighted by molar-refractivity contribution is 5.52. The quantitative estimate of drug-likeness (QED) is 0.455. The summed E-state index contributed by atoms with van der Waals surface area (Å²) < 4.78 is 6.05. The second-order valence-corrected chi connectivity index (χ2v) is 9.02. The minimum absolute atomic E-state index is 0.0453. The smallest absolute Gasteiger partial charge is 0.120 e. The van der Waals surface area contributed by atoms with Crippen molar-refractivity contribution in [3.05, 3.63) is 82.9 Å². The van der Waals surface area contributed by atoms with Gasteiger partial charge in [0.15, 0.2) is 0 Å². The Morgan fingerprint density at radius 1 is 1.03 bits per heavy atom. The number of hydrogen-bond donors (Lipinski definition) is 0. The van der Waals surface area contributed by atoms with Crippen molar-refractivity contribution in [3.63, 3.8) is 0 Å². The maximum absolute atomic E-state index is 6.05. The van der Waals surface area contributed by atoms with Crippen LogP contribution in [0.5, 0.6) is 5.75 Å². The summed E-state index contributed by atoms with van der Waals surface area (Å²) in [5.74, 6) is 7.24. The number of likely N-dealkylation sites (N-methyl/N-ethyl adjacent to an activating group) is 1. The Labute approximate surface area is 183 Å². The van der Waals surface area contributed by atoms with Crippen LogP contribution < -0.4 is 4.74 Å². The van der Waals surface area contributed by atoms with Gasteiger partial charge in [-0.05, 0) is 82.6 Å². The molecule has 2 heteroatoms. The fraction of sp³-hybridized carbons (Fsp3) is 0.357. The number of benzene rings is 2. The van der Waals surface area contributed by atoms with Crippen molar-refractivity contribution in [2.45, 2.75) is 47.8 Å². The Bertz CT molecular complexity index is 931. The Balaban J connectivity index is 1.89. The van der Waals surface area contributed by atoms with E-state index in [1.165, 1.54) is 22.3 Å². The van der Waals surface area contributed by atoms with Crippen LogP contribution in [0.3, 0.4) is 0 Å². The Morgan fingerprint density at radius 2 is 1.77 bits per heavy atom. The molecule has 158 valence electrons. The monoisotopic (exact) mass is 401 g/mol. The van der Waals surface area contributed by atoms with E-state index in [4.69, 9.17) is 4.74 Å². The van der Waals surface area contributed by atoms with E-state index in [-0.39, 0.29) is 5.41 Å². The van der Waals surface area contributed by atoms with E-state index in [1.54, 1.807) is 0 Å². The normalized spacial score (nSPS) is 11.3. The van der Waals surface area contributed by atoms with Gasteiger partial charge in [-0.1, -0.05) is 59.9 Å². The van der Waals surface area contributed by atoms with Crippen LogP contribution in [0.15, 0.2) is 66.3 Å². The Kier molecular flexibility index (Phi) is 8.96. The lowest BCUT2D eigenvalue weighted by Gasteiger charge is -2.15. The van der Waals surface area contributed by atoms with Crippen molar-refractivity contribution in [2.24, 2.45) is 5.41 Å². The molecular formula is C28H35NO. The molecule has 0 heterocycles. The first-order valence-corrected chi connectivity index (χ1v) is 10.5. The van der Waals surface area contributed by atoms with E-state index < -0.39 is 0 Å². The number of nitrogens with zero attached hydrogens (tertiary/aromatic N) is 1. The second kappa shape index (κ2) is 11.4. The molecule has 0 aliphatic carbocycles. The van der Waals surface area contributed by atoms with Crippen LogP contribution >= 0.6 is 0 Å². The van der Waals surface area contributed by atoms with Gasteiger partial charge in [0, 0.05) is 18.5 Å². The van der Waals surface area contributed by atoms with Crippen molar-refractivity contribution >= 4 is 6.08 Å². The summed E-state index contributed by atoms with van der Waals surface area (Å²) in [7, 11) is 2.11. The standard InChI is InChI=1S/C28H35NO/c1-23(2)18-24-12-10-14-26(19-24)22-30-27-15-11-13-25(20-27)21-29(6)17-9-7-8-16-28(3,4)5/h7,9-15,18-20H,17,21-22H2,1-6H3/b9-7+. The first-order valence-electron chi connectivity index (χ1n) is 10.5. The van der Waals surface area contributed by atoms with Gasteiger partial charge in [0.25, 0.3) is 0 Å². The van der Waals surface area contributed by atoms with Crippen LogP contribution in [-0.4, -0.2) is 18.5 Å². The van der Waals surface area contributed by atoms with Crippen molar-refractivity contribution < 1.29 is 4.74 Å². The van der Waals surface area contributed by atoms with Gasteiger partial charge in [0.05, 0.1) is 0 Å². The summed E-state index contributed by atoms with van der Waals surface area (Å²) in [6.45, 7) is 12.9. The van der Waals surface area contributed by atoms with Gasteiger partial charge in [-0.25, -0.2) is 0 Å². The third kappa shape index (κ3) is 9.63. The second-order valence-electron chi connectivity index (χ2n) is 9.02. The van der Waals surface area contributed by atoms with E-state index in [9.17, 15) is 0 Å². The van der Waals surface area contributed by atoms with E-state index in [2.05, 4.69) is 113 Å². The van der Waals surface area contributed by atoms with Crippen LogP contribution in [-0.2, 0) is 13.2 Å². The largest absolute Gasteiger partial charge is 0.489 e. The van der Waals surface area contributed by atoms with E-state index in [0.29, 0.717) is 6.61 Å². The average molecular weight is 402 g/mol. The molecule has 0 aliphatic heterocycles. The predicted molar refractivity (Wildman–Crippen MR) is 129 cm³/mol. The maximum atomic E-state index is 6.05. The maximum Gasteiger partial charge on any atom is 0.120 e. The van der Waals surface area contributed by atoms with Crippen molar-refractivity contribution in [1.82, 2.24) is 4.90 Å². The summed E-state index contributed by atoms with van der Waals surface area (Å²) in [6, 6.07) is 16.8. The molecule has 0 aromatic heterocycles. The summed E-state index contributed by atoms with van der Waals surface area (Å²) in [5, 5.41) is 0. The van der Waals surface area contributed by atoms with E-state index >= 15 is 0 Å². The highest BCUT2D eigenvalue weighted by Gasteiger charge is 2.03. The molecule has 0 atom stereocenters. The molecule has 2 aromatic rings. The first-order chi connectivity index (χ1) is 14.2. The van der Waals surface area contributed by atoms with Crippen LogP contribution in [0, 0.1) is 17.3 Å². The fourth-order valence-corrected chi connectivity index (χ4v) is 2.93. The van der Waals surface area contributed by atoms with Gasteiger partial charge in [0.1, 0.15) is 12.4 Å². The molecule has 0 amide bonds. The number of allylic oxidation sites excluding steroid dienone is 2. The summed E-state index contributed by atoms with van der Waals surface area (Å²) in [5.41, 5.74) is 4.97. The van der Waals surface area contributed by atoms with Gasteiger partial charge in [0.2, 0.25) is 0 Å². The van der Waals surface area contributed by atoms with Crippen LogP contribution in [0.25, 0.3) is 6.08 Å². The molecule has 2 aromatic carbocycles. The molecule has 0 radical (unpaired) electrons. The minimum Gasteiger partial charge on any atom is -0.489 e. The molecule has 0 N–H and O–H groups in total. The van der Waals surface area contributed by atoms with Crippen LogP contribution in [0.4, 0.5) is 0 Å². The SMILES string of the molecule is CC(C)=Cc1cccc(COc2cccc(CN(C)C/C=C/C#CC(C)(C)C)c2)c1. The van der Waals surface area contributed by atoms with Gasteiger partial charge >= 0.3 is 0 Å². The van der Waals surface area contributed by atoms with Gasteiger partial charge in [-0.15, -0.1) is 0 Å². The fourth-order valence-electron chi connectivity index (χ4n) is 2.93. The minimum atomic E-state index is 0.0453. The summed E-state index contributed by atoms with van der Waals surface area (Å²) in [6.07, 6.45) is 6.24. The molecule has 0 saturated heterocycles. The Morgan fingerprint density at radius 3 is 2.50 bits per heavy atom. The summed E-state index contributed by atoms with van der Waals surface area (Å²) >= 11 is 0. The van der Waals surface area contributed by atoms with Crippen molar-refractivity contribution in [2.75, 3.05) is 13.6 Å². The van der Waals surface area contributed by atoms with Gasteiger partial charge < -0.3 is 4.74 Å². The zero-order valence-corrected chi connectivity index (χ0v) is 19.3.